The summed E-state index contributed by atoms with van der Waals surface area (Å²) in [6.07, 6.45) is 4.30. The van der Waals surface area contributed by atoms with E-state index in [-0.39, 0.29) is 6.04 Å². The van der Waals surface area contributed by atoms with Crippen molar-refractivity contribution in [3.8, 4) is 0 Å². The summed E-state index contributed by atoms with van der Waals surface area (Å²) in [7, 11) is 1.94. The molecule has 1 aromatic rings. The number of nitrogens with zero attached hydrogens (tertiary/aromatic N) is 3. The van der Waals surface area contributed by atoms with Gasteiger partial charge in [-0.1, -0.05) is 13.3 Å². The molecule has 0 spiro atoms. The maximum Gasteiger partial charge on any atom is 0.321 e. The summed E-state index contributed by atoms with van der Waals surface area (Å²) in [5.74, 6) is 0.224. The number of halogens is 1. The fraction of sp³-hybridized carbons (Fsp3) is 0.733. The maximum absolute atomic E-state index is 11.7. The highest BCUT2D eigenvalue weighted by Gasteiger charge is 2.47. The molecule has 0 aromatic carbocycles. The molecular formula is C15H22BrN3O2. The molecular weight excluding hydrogens is 334 g/mol. The zero-order valence-corrected chi connectivity index (χ0v) is 14.1. The Morgan fingerprint density at radius 1 is 1.48 bits per heavy atom. The largest absolute Gasteiger partial charge is 0.480 e. The van der Waals surface area contributed by atoms with Gasteiger partial charge in [-0.25, -0.2) is 0 Å². The Labute approximate surface area is 133 Å². The molecule has 1 saturated carbocycles. The van der Waals surface area contributed by atoms with E-state index < -0.39 is 5.97 Å². The topological polar surface area (TPSA) is 58.4 Å². The molecule has 2 fully saturated rings. The third kappa shape index (κ3) is 2.52. The minimum atomic E-state index is -0.668. The van der Waals surface area contributed by atoms with Crippen LogP contribution in [0, 0.1) is 11.8 Å². The van der Waals surface area contributed by atoms with Gasteiger partial charge in [0.15, 0.2) is 0 Å². The van der Waals surface area contributed by atoms with Gasteiger partial charge < -0.3 is 5.11 Å². The second-order valence-corrected chi connectivity index (χ2v) is 7.04. The first-order valence-electron chi connectivity index (χ1n) is 7.70. The number of aromatic nitrogens is 2. The Bertz CT molecular complexity index is 557. The molecule has 3 atom stereocenters. The molecule has 3 unspecified atom stereocenters. The smallest absolute Gasteiger partial charge is 0.321 e. The van der Waals surface area contributed by atoms with Crippen molar-refractivity contribution >= 4 is 21.9 Å². The van der Waals surface area contributed by atoms with Crippen LogP contribution in [-0.4, -0.2) is 38.3 Å². The van der Waals surface area contributed by atoms with Gasteiger partial charge in [-0.05, 0) is 47.0 Å². The molecule has 6 heteroatoms. The molecule has 2 aliphatic rings. The summed E-state index contributed by atoms with van der Waals surface area (Å²) < 4.78 is 2.92. The van der Waals surface area contributed by atoms with Gasteiger partial charge in [0.25, 0.3) is 0 Å². The number of carboxylic acid groups (broad SMARTS) is 1. The molecule has 0 radical (unpaired) electrons. The minimum Gasteiger partial charge on any atom is -0.480 e. The van der Waals surface area contributed by atoms with E-state index in [0.29, 0.717) is 18.4 Å². The van der Waals surface area contributed by atoms with Crippen molar-refractivity contribution in [2.24, 2.45) is 18.9 Å². The molecule has 1 saturated heterocycles. The standard InChI is InChI=1S/C15H22BrN3O2/c1-3-11-13(16)12(18(2)17-11)8-19-7-9-5-4-6-10(9)14(19)15(20)21/h9-10,14H,3-8H2,1-2H3,(H,20,21). The summed E-state index contributed by atoms with van der Waals surface area (Å²) in [6, 6.07) is -0.329. The van der Waals surface area contributed by atoms with Crippen molar-refractivity contribution in [3.05, 3.63) is 15.9 Å². The number of fused-ring (bicyclic) bond motifs is 1. The number of aliphatic carboxylic acids is 1. The van der Waals surface area contributed by atoms with Crippen molar-refractivity contribution in [2.45, 2.75) is 45.2 Å². The van der Waals surface area contributed by atoms with E-state index in [1.807, 2.05) is 11.7 Å². The number of hydrogen-bond donors (Lipinski definition) is 1. The Kier molecular flexibility index (Phi) is 4.10. The van der Waals surface area contributed by atoms with Crippen LogP contribution in [0.2, 0.25) is 0 Å². The van der Waals surface area contributed by atoms with Gasteiger partial charge in [-0.3, -0.25) is 14.4 Å². The van der Waals surface area contributed by atoms with Gasteiger partial charge in [-0.15, -0.1) is 0 Å². The molecule has 5 nitrogen and oxygen atoms in total. The quantitative estimate of drug-likeness (QED) is 0.900. The molecule has 0 bridgehead atoms. The van der Waals surface area contributed by atoms with Crippen LogP contribution < -0.4 is 0 Å². The van der Waals surface area contributed by atoms with Crippen LogP contribution in [0.4, 0.5) is 0 Å². The van der Waals surface area contributed by atoms with E-state index in [2.05, 4.69) is 32.9 Å². The fourth-order valence-corrected chi connectivity index (χ4v) is 4.82. The van der Waals surface area contributed by atoms with Gasteiger partial charge in [0, 0.05) is 20.1 Å². The van der Waals surface area contributed by atoms with Crippen LogP contribution in [0.5, 0.6) is 0 Å². The lowest BCUT2D eigenvalue weighted by atomic mass is 9.94. The molecule has 2 heterocycles. The van der Waals surface area contributed by atoms with E-state index in [1.54, 1.807) is 0 Å². The lowest BCUT2D eigenvalue weighted by Crippen LogP contribution is -2.39. The predicted molar refractivity (Wildman–Crippen MR) is 83.0 cm³/mol. The Hall–Kier alpha value is -0.880. The highest BCUT2D eigenvalue weighted by atomic mass is 79.9. The Morgan fingerprint density at radius 2 is 2.24 bits per heavy atom. The van der Waals surface area contributed by atoms with E-state index in [9.17, 15) is 9.90 Å². The molecule has 116 valence electrons. The van der Waals surface area contributed by atoms with E-state index in [4.69, 9.17) is 0 Å². The zero-order chi connectivity index (χ0) is 15.1. The number of aryl methyl sites for hydroxylation is 2. The van der Waals surface area contributed by atoms with E-state index in [1.165, 1.54) is 12.8 Å². The summed E-state index contributed by atoms with van der Waals surface area (Å²) >= 11 is 3.63. The number of hydrogen-bond acceptors (Lipinski definition) is 3. The second-order valence-electron chi connectivity index (χ2n) is 6.25. The minimum absolute atomic E-state index is 0.329. The van der Waals surface area contributed by atoms with Gasteiger partial charge in [0.1, 0.15) is 6.04 Å². The molecule has 21 heavy (non-hydrogen) atoms. The monoisotopic (exact) mass is 355 g/mol. The SMILES string of the molecule is CCc1nn(C)c(CN2CC3CCCC3C2C(=O)O)c1Br. The highest BCUT2D eigenvalue weighted by molar-refractivity contribution is 9.10. The van der Waals surface area contributed by atoms with Crippen molar-refractivity contribution in [2.75, 3.05) is 6.54 Å². The zero-order valence-electron chi connectivity index (χ0n) is 12.5. The predicted octanol–water partition coefficient (Wildman–Crippen LogP) is 2.43. The maximum atomic E-state index is 11.7. The molecule has 1 N–H and O–H groups in total. The van der Waals surface area contributed by atoms with Crippen LogP contribution in [0.1, 0.15) is 37.6 Å². The average Bonchev–Trinajstić information content (AvgIpc) is 3.06. The van der Waals surface area contributed by atoms with Crippen LogP contribution in [0.3, 0.4) is 0 Å². The van der Waals surface area contributed by atoms with E-state index >= 15 is 0 Å². The summed E-state index contributed by atoms with van der Waals surface area (Å²) in [6.45, 7) is 3.64. The van der Waals surface area contributed by atoms with E-state index in [0.717, 1.165) is 35.2 Å². The molecule has 3 rings (SSSR count). The third-order valence-corrected chi connectivity index (χ3v) is 6.01. The number of carbonyl (C=O) groups is 1. The average molecular weight is 356 g/mol. The molecule has 1 aliphatic heterocycles. The molecule has 1 aliphatic carbocycles. The first-order chi connectivity index (χ1) is 10.0. The highest BCUT2D eigenvalue weighted by Crippen LogP contribution is 2.43. The van der Waals surface area contributed by atoms with Crippen molar-refractivity contribution in [1.29, 1.82) is 0 Å². The number of carboxylic acids is 1. The lowest BCUT2D eigenvalue weighted by Gasteiger charge is -2.24. The third-order valence-electron chi connectivity index (χ3n) is 5.09. The number of rotatable bonds is 4. The van der Waals surface area contributed by atoms with Gasteiger partial charge in [0.2, 0.25) is 0 Å². The van der Waals surface area contributed by atoms with Crippen LogP contribution in [0.25, 0.3) is 0 Å². The second kappa shape index (κ2) is 5.72. The first kappa shape index (κ1) is 15.0. The van der Waals surface area contributed by atoms with Crippen molar-refractivity contribution in [1.82, 2.24) is 14.7 Å². The van der Waals surface area contributed by atoms with Crippen LogP contribution >= 0.6 is 15.9 Å². The van der Waals surface area contributed by atoms with Gasteiger partial charge in [0.05, 0.1) is 15.9 Å². The number of likely N-dealkylation sites (tertiary alicyclic amines) is 1. The lowest BCUT2D eigenvalue weighted by molar-refractivity contribution is -0.143. The Balaban J connectivity index is 1.84. The molecule has 0 amide bonds. The molecule has 1 aromatic heterocycles. The fourth-order valence-electron chi connectivity index (χ4n) is 4.08. The van der Waals surface area contributed by atoms with Crippen LogP contribution in [-0.2, 0) is 24.8 Å². The van der Waals surface area contributed by atoms with Crippen LogP contribution in [0.15, 0.2) is 4.47 Å². The Morgan fingerprint density at radius 3 is 2.86 bits per heavy atom. The van der Waals surface area contributed by atoms with Crippen molar-refractivity contribution < 1.29 is 9.90 Å². The summed E-state index contributed by atoms with van der Waals surface area (Å²) in [5, 5.41) is 14.1. The normalized spacial score (nSPS) is 29.0. The van der Waals surface area contributed by atoms with Gasteiger partial charge >= 0.3 is 5.97 Å². The summed E-state index contributed by atoms with van der Waals surface area (Å²) in [4.78, 5) is 13.8. The van der Waals surface area contributed by atoms with Crippen molar-refractivity contribution in [3.63, 3.8) is 0 Å². The van der Waals surface area contributed by atoms with Gasteiger partial charge in [-0.2, -0.15) is 5.10 Å². The summed E-state index contributed by atoms with van der Waals surface area (Å²) in [5.41, 5.74) is 2.12. The first-order valence-corrected chi connectivity index (χ1v) is 8.49.